The molecule has 1 saturated heterocycles. The van der Waals surface area contributed by atoms with Gasteiger partial charge in [-0.15, -0.1) is 0 Å². The van der Waals surface area contributed by atoms with E-state index in [1.165, 1.54) is 19.3 Å². The molecule has 0 bridgehead atoms. The summed E-state index contributed by atoms with van der Waals surface area (Å²) in [5, 5.41) is 9.56. The number of rotatable bonds is 3. The standard InChI is InChI=1S/C14H18N4OS/c1-19-12-7-5-11(6-8-12)13-15-16-14(20)18(13)17-9-3-2-4-10-17/h5-8H,2-4,9-10H2,1H3,(H,16,20). The average Bonchev–Trinajstić information content (AvgIpc) is 2.90. The van der Waals surface area contributed by atoms with E-state index in [2.05, 4.69) is 15.2 Å². The Balaban J connectivity index is 1.98. The van der Waals surface area contributed by atoms with E-state index < -0.39 is 0 Å². The van der Waals surface area contributed by atoms with Crippen LogP contribution in [-0.2, 0) is 0 Å². The molecule has 2 heterocycles. The number of piperidine rings is 1. The molecule has 6 heteroatoms. The lowest BCUT2D eigenvalue weighted by Gasteiger charge is -2.30. The van der Waals surface area contributed by atoms with Crippen LogP contribution in [0.25, 0.3) is 11.4 Å². The molecular weight excluding hydrogens is 272 g/mol. The molecule has 1 aromatic carbocycles. The topological polar surface area (TPSA) is 46.1 Å². The summed E-state index contributed by atoms with van der Waals surface area (Å²) in [5.41, 5.74) is 1.03. The maximum atomic E-state index is 5.38. The molecule has 3 rings (SSSR count). The second-order valence-electron chi connectivity index (χ2n) is 4.91. The summed E-state index contributed by atoms with van der Waals surface area (Å²) < 4.78 is 7.87. The minimum Gasteiger partial charge on any atom is -0.497 e. The normalized spacial score (nSPS) is 15.3. The van der Waals surface area contributed by atoms with E-state index in [0.29, 0.717) is 4.77 Å². The van der Waals surface area contributed by atoms with Crippen molar-refractivity contribution in [2.75, 3.05) is 25.2 Å². The van der Waals surface area contributed by atoms with Gasteiger partial charge in [0.05, 0.1) is 7.11 Å². The van der Waals surface area contributed by atoms with Crippen LogP contribution in [0, 0.1) is 4.77 Å². The highest BCUT2D eigenvalue weighted by atomic mass is 32.1. The van der Waals surface area contributed by atoms with Crippen LogP contribution in [0.15, 0.2) is 24.3 Å². The van der Waals surface area contributed by atoms with Crippen LogP contribution >= 0.6 is 12.2 Å². The maximum Gasteiger partial charge on any atom is 0.214 e. The number of benzene rings is 1. The lowest BCUT2D eigenvalue weighted by molar-refractivity contribution is 0.415. The van der Waals surface area contributed by atoms with Gasteiger partial charge in [0, 0.05) is 18.7 Å². The highest BCUT2D eigenvalue weighted by molar-refractivity contribution is 7.71. The van der Waals surface area contributed by atoms with Crippen LogP contribution in [0.1, 0.15) is 19.3 Å². The van der Waals surface area contributed by atoms with Gasteiger partial charge in [0.25, 0.3) is 0 Å². The Morgan fingerprint density at radius 3 is 2.50 bits per heavy atom. The van der Waals surface area contributed by atoms with Crippen LogP contribution in [0.3, 0.4) is 0 Å². The van der Waals surface area contributed by atoms with Crippen molar-refractivity contribution in [3.05, 3.63) is 29.0 Å². The van der Waals surface area contributed by atoms with E-state index in [0.717, 1.165) is 30.2 Å². The molecule has 0 amide bonds. The van der Waals surface area contributed by atoms with E-state index in [9.17, 15) is 0 Å². The first-order chi connectivity index (χ1) is 9.79. The first-order valence-corrected chi connectivity index (χ1v) is 7.27. The van der Waals surface area contributed by atoms with E-state index in [1.54, 1.807) is 7.11 Å². The molecule has 1 aromatic heterocycles. The fraction of sp³-hybridized carbons (Fsp3) is 0.429. The summed E-state index contributed by atoms with van der Waals surface area (Å²) in [6, 6.07) is 7.88. The van der Waals surface area contributed by atoms with Gasteiger partial charge in [0.1, 0.15) is 5.75 Å². The quantitative estimate of drug-likeness (QED) is 0.883. The van der Waals surface area contributed by atoms with Crippen molar-refractivity contribution < 1.29 is 4.74 Å². The van der Waals surface area contributed by atoms with Crippen LogP contribution < -0.4 is 9.75 Å². The molecule has 0 atom stereocenters. The summed E-state index contributed by atoms with van der Waals surface area (Å²) in [6.45, 7) is 2.05. The zero-order chi connectivity index (χ0) is 13.9. The van der Waals surface area contributed by atoms with Crippen LogP contribution in [-0.4, -0.2) is 35.1 Å². The summed E-state index contributed by atoms with van der Waals surface area (Å²) >= 11 is 5.38. The highest BCUT2D eigenvalue weighted by Gasteiger charge is 2.17. The van der Waals surface area contributed by atoms with E-state index in [1.807, 2.05) is 28.9 Å². The van der Waals surface area contributed by atoms with Crippen molar-refractivity contribution in [3.63, 3.8) is 0 Å². The Bertz CT molecular complexity index is 625. The Morgan fingerprint density at radius 1 is 1.15 bits per heavy atom. The van der Waals surface area contributed by atoms with Gasteiger partial charge >= 0.3 is 0 Å². The average molecular weight is 290 g/mol. The summed E-state index contributed by atoms with van der Waals surface area (Å²) in [7, 11) is 1.67. The number of ether oxygens (including phenoxy) is 1. The lowest BCUT2D eigenvalue weighted by atomic mass is 10.1. The molecule has 1 aliphatic rings. The molecule has 1 N–H and O–H groups in total. The fourth-order valence-corrected chi connectivity index (χ4v) is 2.81. The monoisotopic (exact) mass is 290 g/mol. The van der Waals surface area contributed by atoms with Crippen LogP contribution in [0.2, 0.25) is 0 Å². The minimum atomic E-state index is 0.651. The Labute approximate surface area is 123 Å². The molecule has 0 saturated carbocycles. The molecule has 0 radical (unpaired) electrons. The number of nitrogens with one attached hydrogen (secondary N) is 1. The van der Waals surface area contributed by atoms with Crippen LogP contribution in [0.4, 0.5) is 0 Å². The summed E-state index contributed by atoms with van der Waals surface area (Å²) in [5.74, 6) is 1.70. The van der Waals surface area contributed by atoms with Crippen molar-refractivity contribution >= 4 is 12.2 Å². The molecular formula is C14H18N4OS. The largest absolute Gasteiger partial charge is 0.497 e. The highest BCUT2D eigenvalue weighted by Crippen LogP contribution is 2.22. The predicted octanol–water partition coefficient (Wildman–Crippen LogP) is 2.74. The molecule has 0 spiro atoms. The van der Waals surface area contributed by atoms with E-state index in [4.69, 9.17) is 17.0 Å². The van der Waals surface area contributed by atoms with Gasteiger partial charge in [-0.3, -0.25) is 0 Å². The summed E-state index contributed by atoms with van der Waals surface area (Å²) in [6.07, 6.45) is 3.70. The van der Waals surface area contributed by atoms with E-state index >= 15 is 0 Å². The third-order valence-electron chi connectivity index (χ3n) is 3.61. The third-order valence-corrected chi connectivity index (χ3v) is 3.88. The molecule has 5 nitrogen and oxygen atoms in total. The molecule has 1 fully saturated rings. The maximum absolute atomic E-state index is 5.38. The number of aromatic amines is 1. The van der Waals surface area contributed by atoms with Gasteiger partial charge in [0.2, 0.25) is 4.77 Å². The molecule has 1 aliphatic heterocycles. The Kier molecular flexibility index (Phi) is 3.73. The van der Waals surface area contributed by atoms with Crippen molar-refractivity contribution in [3.8, 4) is 17.1 Å². The third kappa shape index (κ3) is 2.43. The summed E-state index contributed by atoms with van der Waals surface area (Å²) in [4.78, 5) is 0. The number of hydrogen-bond acceptors (Lipinski definition) is 4. The first kappa shape index (κ1) is 13.2. The van der Waals surface area contributed by atoms with E-state index in [-0.39, 0.29) is 0 Å². The van der Waals surface area contributed by atoms with Gasteiger partial charge in [0.15, 0.2) is 5.82 Å². The van der Waals surface area contributed by atoms with Crippen molar-refractivity contribution in [2.24, 2.45) is 0 Å². The Hall–Kier alpha value is -1.82. The van der Waals surface area contributed by atoms with Gasteiger partial charge in [-0.05, 0) is 55.7 Å². The van der Waals surface area contributed by atoms with Crippen molar-refractivity contribution in [1.82, 2.24) is 14.9 Å². The zero-order valence-electron chi connectivity index (χ0n) is 11.5. The number of aromatic nitrogens is 3. The number of hydrogen-bond donors (Lipinski definition) is 1. The van der Waals surface area contributed by atoms with Gasteiger partial charge in [-0.25, -0.2) is 9.77 Å². The molecule has 2 aromatic rings. The van der Waals surface area contributed by atoms with Gasteiger partial charge in [-0.2, -0.15) is 5.10 Å². The number of methoxy groups -OCH3 is 1. The zero-order valence-corrected chi connectivity index (χ0v) is 12.3. The Morgan fingerprint density at radius 2 is 1.85 bits per heavy atom. The SMILES string of the molecule is COc1ccc(-c2n[nH]c(=S)n2N2CCCCC2)cc1. The molecule has 0 aliphatic carbocycles. The lowest BCUT2D eigenvalue weighted by Crippen LogP contribution is -2.39. The predicted molar refractivity (Wildman–Crippen MR) is 81.2 cm³/mol. The van der Waals surface area contributed by atoms with Crippen LogP contribution in [0.5, 0.6) is 5.75 Å². The molecule has 106 valence electrons. The fourth-order valence-electron chi connectivity index (χ4n) is 2.56. The molecule has 0 unspecified atom stereocenters. The van der Waals surface area contributed by atoms with Crippen molar-refractivity contribution in [1.29, 1.82) is 0 Å². The van der Waals surface area contributed by atoms with Crippen molar-refractivity contribution in [2.45, 2.75) is 19.3 Å². The minimum absolute atomic E-state index is 0.651. The van der Waals surface area contributed by atoms with Gasteiger partial charge in [-0.1, -0.05) is 0 Å². The van der Waals surface area contributed by atoms with Gasteiger partial charge < -0.3 is 9.75 Å². The number of H-pyrrole nitrogens is 1. The smallest absolute Gasteiger partial charge is 0.214 e. The second kappa shape index (κ2) is 5.66. The first-order valence-electron chi connectivity index (χ1n) is 6.86. The second-order valence-corrected chi connectivity index (χ2v) is 5.29. The molecule has 20 heavy (non-hydrogen) atoms. The number of nitrogens with zero attached hydrogens (tertiary/aromatic N) is 3.